The van der Waals surface area contributed by atoms with Crippen LogP contribution in [0.15, 0.2) is 40.9 Å². The van der Waals surface area contributed by atoms with Crippen LogP contribution < -0.4 is 10.1 Å². The third-order valence-electron chi connectivity index (χ3n) is 3.06. The van der Waals surface area contributed by atoms with E-state index in [0.717, 1.165) is 12.1 Å². The van der Waals surface area contributed by atoms with Gasteiger partial charge in [0.2, 0.25) is 0 Å². The van der Waals surface area contributed by atoms with Gasteiger partial charge in [-0.2, -0.15) is 0 Å². The molecule has 0 aromatic heterocycles. The van der Waals surface area contributed by atoms with Gasteiger partial charge in [-0.1, -0.05) is 15.9 Å². The largest absolute Gasteiger partial charge is 0.573 e. The van der Waals surface area contributed by atoms with Gasteiger partial charge in [0.15, 0.2) is 0 Å². The third-order valence-corrected chi connectivity index (χ3v) is 3.55. The summed E-state index contributed by atoms with van der Waals surface area (Å²) in [6, 6.07) is 7.05. The SMILES string of the molecule is COC(=O)c1cc(Br)ccc1Nc1ccc(OC(F)(F)F)cc1[N+](=O)[O-]. The minimum absolute atomic E-state index is 0.0757. The number of esters is 1. The summed E-state index contributed by atoms with van der Waals surface area (Å²) in [7, 11) is 1.17. The van der Waals surface area contributed by atoms with Gasteiger partial charge in [0.1, 0.15) is 11.4 Å². The number of rotatable bonds is 5. The van der Waals surface area contributed by atoms with Gasteiger partial charge in [-0.3, -0.25) is 10.1 Å². The summed E-state index contributed by atoms with van der Waals surface area (Å²) in [5, 5.41) is 13.8. The molecule has 0 saturated heterocycles. The second kappa shape index (κ2) is 7.60. The zero-order chi connectivity index (χ0) is 19.5. The first kappa shape index (κ1) is 19.5. The molecule has 0 amide bonds. The lowest BCUT2D eigenvalue weighted by atomic mass is 10.1. The van der Waals surface area contributed by atoms with E-state index in [-0.39, 0.29) is 16.9 Å². The Labute approximate surface area is 153 Å². The zero-order valence-electron chi connectivity index (χ0n) is 13.0. The summed E-state index contributed by atoms with van der Waals surface area (Å²) in [4.78, 5) is 22.2. The topological polar surface area (TPSA) is 90.7 Å². The summed E-state index contributed by atoms with van der Waals surface area (Å²) >= 11 is 3.19. The molecule has 0 saturated carbocycles. The Kier molecular flexibility index (Phi) is 5.70. The van der Waals surface area contributed by atoms with Crippen molar-refractivity contribution in [2.24, 2.45) is 0 Å². The van der Waals surface area contributed by atoms with Crippen LogP contribution in [-0.4, -0.2) is 24.4 Å². The fourth-order valence-electron chi connectivity index (χ4n) is 2.01. The van der Waals surface area contributed by atoms with Crippen LogP contribution in [-0.2, 0) is 4.74 Å². The van der Waals surface area contributed by atoms with E-state index in [2.05, 4.69) is 30.7 Å². The van der Waals surface area contributed by atoms with Crippen LogP contribution in [0.4, 0.5) is 30.2 Å². The number of carbonyl (C=O) groups is 1. The molecule has 0 fully saturated rings. The van der Waals surface area contributed by atoms with Crippen molar-refractivity contribution in [1.29, 1.82) is 0 Å². The minimum Gasteiger partial charge on any atom is -0.465 e. The number of nitro groups is 1. The number of ether oxygens (including phenoxy) is 2. The van der Waals surface area contributed by atoms with Crippen molar-refractivity contribution >= 4 is 39.0 Å². The molecule has 0 aliphatic carbocycles. The number of hydrogen-bond acceptors (Lipinski definition) is 6. The Morgan fingerprint density at radius 2 is 1.85 bits per heavy atom. The van der Waals surface area contributed by atoms with E-state index in [1.165, 1.54) is 19.2 Å². The molecule has 0 heterocycles. The van der Waals surface area contributed by atoms with Crippen LogP contribution in [0.25, 0.3) is 0 Å². The van der Waals surface area contributed by atoms with Crippen molar-refractivity contribution in [2.45, 2.75) is 6.36 Å². The Morgan fingerprint density at radius 3 is 2.42 bits per heavy atom. The summed E-state index contributed by atoms with van der Waals surface area (Å²) < 4.78 is 45.7. The number of methoxy groups -OCH3 is 1. The van der Waals surface area contributed by atoms with Gasteiger partial charge in [0, 0.05) is 4.47 Å². The molecule has 0 radical (unpaired) electrons. The first-order valence-electron chi connectivity index (χ1n) is 6.80. The van der Waals surface area contributed by atoms with Crippen molar-refractivity contribution in [3.63, 3.8) is 0 Å². The van der Waals surface area contributed by atoms with Crippen LogP contribution in [0, 0.1) is 10.1 Å². The van der Waals surface area contributed by atoms with Gasteiger partial charge in [0.05, 0.1) is 29.4 Å². The van der Waals surface area contributed by atoms with E-state index in [4.69, 9.17) is 0 Å². The number of anilines is 2. The highest BCUT2D eigenvalue weighted by atomic mass is 79.9. The number of halogens is 4. The van der Waals surface area contributed by atoms with E-state index < -0.39 is 28.7 Å². The fourth-order valence-corrected chi connectivity index (χ4v) is 2.38. The molecule has 0 spiro atoms. The van der Waals surface area contributed by atoms with Crippen molar-refractivity contribution in [1.82, 2.24) is 0 Å². The van der Waals surface area contributed by atoms with Crippen LogP contribution >= 0.6 is 15.9 Å². The number of nitrogens with zero attached hydrogens (tertiary/aromatic N) is 1. The van der Waals surface area contributed by atoms with E-state index in [0.29, 0.717) is 10.5 Å². The molecule has 0 bridgehead atoms. The average Bonchev–Trinajstić information content (AvgIpc) is 2.55. The second-order valence-electron chi connectivity index (χ2n) is 4.79. The van der Waals surface area contributed by atoms with Crippen LogP contribution in [0.2, 0.25) is 0 Å². The third kappa shape index (κ3) is 4.85. The first-order valence-corrected chi connectivity index (χ1v) is 7.59. The molecular formula is C15H10BrF3N2O5. The smallest absolute Gasteiger partial charge is 0.465 e. The zero-order valence-corrected chi connectivity index (χ0v) is 14.6. The Bertz CT molecular complexity index is 858. The van der Waals surface area contributed by atoms with Gasteiger partial charge < -0.3 is 14.8 Å². The molecule has 2 aromatic carbocycles. The maximum absolute atomic E-state index is 12.3. The van der Waals surface area contributed by atoms with E-state index in [9.17, 15) is 28.1 Å². The van der Waals surface area contributed by atoms with Gasteiger partial charge in [-0.25, -0.2) is 4.79 Å². The quantitative estimate of drug-likeness (QED) is 0.413. The van der Waals surface area contributed by atoms with Gasteiger partial charge in [-0.05, 0) is 30.3 Å². The van der Waals surface area contributed by atoms with Gasteiger partial charge in [-0.15, -0.1) is 13.2 Å². The average molecular weight is 435 g/mol. The number of benzene rings is 2. The number of alkyl halides is 3. The van der Waals surface area contributed by atoms with Crippen LogP contribution in [0.1, 0.15) is 10.4 Å². The fraction of sp³-hybridized carbons (Fsp3) is 0.133. The van der Waals surface area contributed by atoms with Crippen LogP contribution in [0.3, 0.4) is 0 Å². The molecule has 0 aliphatic rings. The maximum atomic E-state index is 12.3. The van der Waals surface area contributed by atoms with Crippen molar-refractivity contribution in [2.75, 3.05) is 12.4 Å². The minimum atomic E-state index is -4.98. The normalized spacial score (nSPS) is 11.0. The van der Waals surface area contributed by atoms with E-state index in [1.807, 2.05) is 0 Å². The second-order valence-corrected chi connectivity index (χ2v) is 5.71. The van der Waals surface area contributed by atoms with Crippen molar-refractivity contribution in [3.05, 3.63) is 56.5 Å². The highest BCUT2D eigenvalue weighted by molar-refractivity contribution is 9.10. The molecule has 26 heavy (non-hydrogen) atoms. The maximum Gasteiger partial charge on any atom is 0.573 e. The van der Waals surface area contributed by atoms with E-state index >= 15 is 0 Å². The molecule has 0 unspecified atom stereocenters. The molecular weight excluding hydrogens is 425 g/mol. The lowest BCUT2D eigenvalue weighted by Crippen LogP contribution is -2.17. The Balaban J connectivity index is 2.44. The predicted octanol–water partition coefficient (Wildman–Crippen LogP) is 4.79. The lowest BCUT2D eigenvalue weighted by molar-refractivity contribution is -0.384. The van der Waals surface area contributed by atoms with Crippen molar-refractivity contribution < 1.29 is 32.4 Å². The molecule has 0 atom stereocenters. The Hall–Kier alpha value is -2.82. The number of carbonyl (C=O) groups excluding carboxylic acids is 1. The molecule has 2 rings (SSSR count). The van der Waals surface area contributed by atoms with Gasteiger partial charge in [0.25, 0.3) is 5.69 Å². The molecule has 7 nitrogen and oxygen atoms in total. The lowest BCUT2D eigenvalue weighted by Gasteiger charge is -2.13. The van der Waals surface area contributed by atoms with Gasteiger partial charge >= 0.3 is 12.3 Å². The standard InChI is InChI=1S/C15H10BrF3N2O5/c1-25-14(22)10-6-8(16)2-4-11(10)20-12-5-3-9(26-15(17,18)19)7-13(12)21(23)24/h2-7,20H,1H3. The molecule has 138 valence electrons. The molecule has 11 heteroatoms. The summed E-state index contributed by atoms with van der Waals surface area (Å²) in [6.45, 7) is 0. The molecule has 0 aliphatic heterocycles. The number of hydrogen-bond donors (Lipinski definition) is 1. The molecule has 2 aromatic rings. The highest BCUT2D eigenvalue weighted by Crippen LogP contribution is 2.35. The number of nitrogens with one attached hydrogen (secondary N) is 1. The van der Waals surface area contributed by atoms with Crippen molar-refractivity contribution in [3.8, 4) is 5.75 Å². The predicted molar refractivity (Wildman–Crippen MR) is 88.5 cm³/mol. The summed E-state index contributed by atoms with van der Waals surface area (Å²) in [5.74, 6) is -1.44. The van der Waals surface area contributed by atoms with Crippen LogP contribution in [0.5, 0.6) is 5.75 Å². The molecule has 1 N–H and O–H groups in total. The highest BCUT2D eigenvalue weighted by Gasteiger charge is 2.32. The summed E-state index contributed by atoms with van der Waals surface area (Å²) in [5.41, 5.74) is -0.540. The monoisotopic (exact) mass is 434 g/mol. The number of nitro benzene ring substituents is 1. The van der Waals surface area contributed by atoms with E-state index in [1.54, 1.807) is 6.07 Å². The first-order chi connectivity index (χ1) is 12.1. The summed E-state index contributed by atoms with van der Waals surface area (Å²) in [6.07, 6.45) is -4.98. The Morgan fingerprint density at radius 1 is 1.19 bits per heavy atom.